The van der Waals surface area contributed by atoms with Gasteiger partial charge in [0, 0.05) is 13.6 Å². The molecule has 1 aliphatic heterocycles. The molecule has 0 bridgehead atoms. The molecule has 0 N–H and O–H groups in total. The van der Waals surface area contributed by atoms with Crippen molar-refractivity contribution in [3.63, 3.8) is 0 Å². The zero-order valence-corrected chi connectivity index (χ0v) is 9.85. The third-order valence-electron chi connectivity index (χ3n) is 2.68. The molecule has 82 valence electrons. The summed E-state index contributed by atoms with van der Waals surface area (Å²) in [5.41, 5.74) is 3.83. The normalized spacial score (nSPS) is 15.6. The van der Waals surface area contributed by atoms with E-state index < -0.39 is 0 Å². The van der Waals surface area contributed by atoms with Crippen molar-refractivity contribution >= 4 is 6.08 Å². The molecule has 0 unspecified atom stereocenters. The third-order valence-corrected chi connectivity index (χ3v) is 2.68. The standard InChI is InChI=1S/C15H17N/c1-13-3-5-14(6-4-13)7-8-15-9-11-16(2)12-10-15/h3-11H,12H2,1-2H3/b8-7+. The molecule has 2 rings (SSSR count). The number of allylic oxidation sites excluding steroid dienone is 3. The molecule has 16 heavy (non-hydrogen) atoms. The SMILES string of the molecule is Cc1ccc(/C=C/C2=CCN(C)C=C2)cc1. The van der Waals surface area contributed by atoms with E-state index in [2.05, 4.69) is 73.6 Å². The van der Waals surface area contributed by atoms with Crippen LogP contribution >= 0.6 is 0 Å². The van der Waals surface area contributed by atoms with Gasteiger partial charge in [-0.1, -0.05) is 48.1 Å². The number of aryl methyl sites for hydroxylation is 1. The van der Waals surface area contributed by atoms with Crippen molar-refractivity contribution in [2.45, 2.75) is 6.92 Å². The lowest BCUT2D eigenvalue weighted by molar-refractivity contribution is 0.503. The molecule has 1 heteroatoms. The monoisotopic (exact) mass is 211 g/mol. The van der Waals surface area contributed by atoms with Gasteiger partial charge in [-0.05, 0) is 30.3 Å². The van der Waals surface area contributed by atoms with Crippen LogP contribution in [0, 0.1) is 6.92 Å². The minimum Gasteiger partial charge on any atom is -0.377 e. The van der Waals surface area contributed by atoms with Crippen LogP contribution in [0.5, 0.6) is 0 Å². The predicted octanol–water partition coefficient (Wildman–Crippen LogP) is 3.39. The first kappa shape index (κ1) is 10.7. The van der Waals surface area contributed by atoms with Crippen molar-refractivity contribution < 1.29 is 0 Å². The van der Waals surface area contributed by atoms with Gasteiger partial charge >= 0.3 is 0 Å². The highest BCUT2D eigenvalue weighted by Gasteiger charge is 1.96. The Morgan fingerprint density at radius 3 is 2.50 bits per heavy atom. The lowest BCUT2D eigenvalue weighted by Crippen LogP contribution is -2.12. The topological polar surface area (TPSA) is 3.24 Å². The van der Waals surface area contributed by atoms with E-state index in [1.807, 2.05) is 0 Å². The number of likely N-dealkylation sites (N-methyl/N-ethyl adjacent to an activating group) is 1. The molecule has 0 aliphatic carbocycles. The van der Waals surface area contributed by atoms with Gasteiger partial charge < -0.3 is 4.90 Å². The Morgan fingerprint density at radius 1 is 1.12 bits per heavy atom. The molecule has 0 saturated heterocycles. The fourth-order valence-electron chi connectivity index (χ4n) is 1.59. The molecule has 1 aromatic rings. The van der Waals surface area contributed by atoms with Gasteiger partial charge in [0.25, 0.3) is 0 Å². The quantitative estimate of drug-likeness (QED) is 0.724. The van der Waals surface area contributed by atoms with Crippen LogP contribution in [0.25, 0.3) is 6.08 Å². The number of hydrogen-bond acceptors (Lipinski definition) is 1. The fourth-order valence-corrected chi connectivity index (χ4v) is 1.59. The molecule has 1 aromatic carbocycles. The molecule has 0 radical (unpaired) electrons. The van der Waals surface area contributed by atoms with Crippen LogP contribution in [-0.4, -0.2) is 18.5 Å². The number of rotatable bonds is 2. The van der Waals surface area contributed by atoms with Crippen molar-refractivity contribution in [1.29, 1.82) is 0 Å². The minimum absolute atomic E-state index is 0.990. The highest BCUT2D eigenvalue weighted by Crippen LogP contribution is 2.10. The number of hydrogen-bond donors (Lipinski definition) is 0. The predicted molar refractivity (Wildman–Crippen MR) is 70.1 cm³/mol. The first-order chi connectivity index (χ1) is 7.74. The van der Waals surface area contributed by atoms with Crippen molar-refractivity contribution in [3.8, 4) is 0 Å². The van der Waals surface area contributed by atoms with Crippen LogP contribution in [0.4, 0.5) is 0 Å². The molecule has 0 amide bonds. The second-order valence-corrected chi connectivity index (χ2v) is 4.20. The Morgan fingerprint density at radius 2 is 1.88 bits per heavy atom. The van der Waals surface area contributed by atoms with Gasteiger partial charge in [-0.2, -0.15) is 0 Å². The molecule has 0 aromatic heterocycles. The highest BCUT2D eigenvalue weighted by atomic mass is 15.1. The fraction of sp³-hybridized carbons (Fsp3) is 0.200. The Hall–Kier alpha value is -1.76. The highest BCUT2D eigenvalue weighted by molar-refractivity contribution is 5.55. The Bertz CT molecular complexity index is 435. The summed E-state index contributed by atoms with van der Waals surface area (Å²) in [5.74, 6) is 0. The van der Waals surface area contributed by atoms with Crippen LogP contribution in [0.1, 0.15) is 11.1 Å². The molecule has 0 saturated carbocycles. The Kier molecular flexibility index (Phi) is 3.25. The van der Waals surface area contributed by atoms with E-state index in [0.29, 0.717) is 0 Å². The minimum atomic E-state index is 0.990. The smallest absolute Gasteiger partial charge is 0.0359 e. The van der Waals surface area contributed by atoms with Gasteiger partial charge in [0.1, 0.15) is 0 Å². The van der Waals surface area contributed by atoms with E-state index in [1.165, 1.54) is 16.7 Å². The van der Waals surface area contributed by atoms with Crippen LogP contribution in [0.2, 0.25) is 0 Å². The summed E-state index contributed by atoms with van der Waals surface area (Å²) in [5, 5.41) is 0. The third kappa shape index (κ3) is 2.86. The van der Waals surface area contributed by atoms with E-state index in [1.54, 1.807) is 0 Å². The Balaban J connectivity index is 2.05. The summed E-state index contributed by atoms with van der Waals surface area (Å²) in [6.07, 6.45) is 10.8. The van der Waals surface area contributed by atoms with Gasteiger partial charge in [-0.25, -0.2) is 0 Å². The van der Waals surface area contributed by atoms with Crippen molar-refractivity contribution in [1.82, 2.24) is 4.90 Å². The van der Waals surface area contributed by atoms with Crippen molar-refractivity contribution in [2.75, 3.05) is 13.6 Å². The van der Waals surface area contributed by atoms with Crippen molar-refractivity contribution in [3.05, 3.63) is 65.4 Å². The van der Waals surface area contributed by atoms with Crippen molar-refractivity contribution in [2.24, 2.45) is 0 Å². The van der Waals surface area contributed by atoms with Gasteiger partial charge in [0.05, 0.1) is 0 Å². The summed E-state index contributed by atoms with van der Waals surface area (Å²) in [6.45, 7) is 3.10. The van der Waals surface area contributed by atoms with Crippen LogP contribution < -0.4 is 0 Å². The second kappa shape index (κ2) is 4.84. The molecule has 0 atom stereocenters. The van der Waals surface area contributed by atoms with E-state index in [0.717, 1.165) is 6.54 Å². The molecular formula is C15H17N. The lowest BCUT2D eigenvalue weighted by atomic mass is 10.1. The molecule has 1 nitrogen and oxygen atoms in total. The van der Waals surface area contributed by atoms with E-state index >= 15 is 0 Å². The second-order valence-electron chi connectivity index (χ2n) is 4.20. The summed E-state index contributed by atoms with van der Waals surface area (Å²) in [4.78, 5) is 2.16. The van der Waals surface area contributed by atoms with Crippen LogP contribution in [0.3, 0.4) is 0 Å². The van der Waals surface area contributed by atoms with Gasteiger partial charge in [0.2, 0.25) is 0 Å². The molecule has 1 aliphatic rings. The summed E-state index contributed by atoms with van der Waals surface area (Å²) in [6, 6.07) is 8.56. The van der Waals surface area contributed by atoms with Gasteiger partial charge in [0.15, 0.2) is 0 Å². The summed E-state index contributed by atoms with van der Waals surface area (Å²) >= 11 is 0. The molecule has 0 spiro atoms. The first-order valence-electron chi connectivity index (χ1n) is 5.57. The molecule has 1 heterocycles. The maximum atomic E-state index is 2.23. The molecule has 0 fully saturated rings. The van der Waals surface area contributed by atoms with Crippen LogP contribution in [-0.2, 0) is 0 Å². The number of benzene rings is 1. The van der Waals surface area contributed by atoms with E-state index in [4.69, 9.17) is 0 Å². The maximum absolute atomic E-state index is 2.23. The zero-order valence-electron chi connectivity index (χ0n) is 9.85. The number of nitrogens with zero attached hydrogens (tertiary/aromatic N) is 1. The van der Waals surface area contributed by atoms with E-state index in [9.17, 15) is 0 Å². The van der Waals surface area contributed by atoms with Crippen LogP contribution in [0.15, 0.2) is 54.3 Å². The lowest BCUT2D eigenvalue weighted by Gasteiger charge is -2.15. The summed E-state index contributed by atoms with van der Waals surface area (Å²) < 4.78 is 0. The molecular weight excluding hydrogens is 194 g/mol. The summed E-state index contributed by atoms with van der Waals surface area (Å²) in [7, 11) is 2.08. The van der Waals surface area contributed by atoms with Gasteiger partial charge in [-0.3, -0.25) is 0 Å². The average Bonchev–Trinajstić information content (AvgIpc) is 2.30. The van der Waals surface area contributed by atoms with Gasteiger partial charge in [-0.15, -0.1) is 0 Å². The maximum Gasteiger partial charge on any atom is 0.0359 e. The van der Waals surface area contributed by atoms with E-state index in [-0.39, 0.29) is 0 Å². The Labute approximate surface area is 97.4 Å². The zero-order chi connectivity index (χ0) is 11.4. The average molecular weight is 211 g/mol. The largest absolute Gasteiger partial charge is 0.377 e. The first-order valence-corrected chi connectivity index (χ1v) is 5.57.